The molecule has 4 rings (SSSR count). The van der Waals surface area contributed by atoms with Crippen LogP contribution in [0, 0.1) is 0 Å². The van der Waals surface area contributed by atoms with E-state index >= 15 is 0 Å². The summed E-state index contributed by atoms with van der Waals surface area (Å²) in [5.74, 6) is -0.816. The Morgan fingerprint density at radius 3 is 2.47 bits per heavy atom. The number of nitrogens with zero attached hydrogens (tertiary/aromatic N) is 1. The largest absolute Gasteiger partial charge is 0.462 e. The van der Waals surface area contributed by atoms with Gasteiger partial charge in [0.1, 0.15) is 11.1 Å². The van der Waals surface area contributed by atoms with Crippen LogP contribution in [0.4, 0.5) is 11.4 Å². The number of fused-ring (bicyclic) bond motifs is 1. The van der Waals surface area contributed by atoms with Crippen LogP contribution in [0.2, 0.25) is 5.02 Å². The molecule has 0 aliphatic heterocycles. The van der Waals surface area contributed by atoms with Crippen molar-refractivity contribution in [2.45, 2.75) is 6.92 Å². The first kappa shape index (κ1) is 21.3. The van der Waals surface area contributed by atoms with Crippen LogP contribution in [0.1, 0.15) is 27.6 Å². The maximum absolute atomic E-state index is 13.1. The van der Waals surface area contributed by atoms with Crippen LogP contribution in [0.25, 0.3) is 11.0 Å². The molecule has 0 spiro atoms. The highest BCUT2D eigenvalue weighted by Crippen LogP contribution is 2.22. The maximum Gasteiger partial charge on any atom is 0.338 e. The number of amides is 1. The van der Waals surface area contributed by atoms with Gasteiger partial charge in [-0.15, -0.1) is 0 Å². The third-order valence-electron chi connectivity index (χ3n) is 4.63. The average molecular weight is 447 g/mol. The molecule has 0 aliphatic rings. The standard InChI is InChI=1S/C25H19ClN2O4/c1-2-31-25(30)16-11-13-18(14-12-16)27-24-19(15-17-7-3-6-10-22(17)32-24)23(29)28-21-9-5-4-8-20(21)26/h3-15H,2H2,1H3,(H,28,29). The van der Waals surface area contributed by atoms with Crippen molar-refractivity contribution in [2.75, 3.05) is 11.9 Å². The number of carbonyl (C=O) groups excluding carboxylic acids is 2. The fourth-order valence-corrected chi connectivity index (χ4v) is 3.25. The molecule has 3 aromatic carbocycles. The zero-order valence-corrected chi connectivity index (χ0v) is 17.9. The molecule has 1 heterocycles. The van der Waals surface area contributed by atoms with E-state index in [1.165, 1.54) is 0 Å². The molecule has 32 heavy (non-hydrogen) atoms. The van der Waals surface area contributed by atoms with Crippen LogP contribution < -0.4 is 10.9 Å². The van der Waals surface area contributed by atoms with Gasteiger partial charge in [0.25, 0.3) is 5.91 Å². The lowest BCUT2D eigenvalue weighted by molar-refractivity contribution is 0.0526. The minimum absolute atomic E-state index is 0.136. The Hall–Kier alpha value is -3.90. The molecular formula is C25H19ClN2O4. The molecule has 6 nitrogen and oxygen atoms in total. The van der Waals surface area contributed by atoms with E-state index in [2.05, 4.69) is 10.3 Å². The van der Waals surface area contributed by atoms with Crippen molar-refractivity contribution < 1.29 is 18.7 Å². The Balaban J connectivity index is 1.77. The summed E-state index contributed by atoms with van der Waals surface area (Å²) in [5.41, 5.74) is 2.39. The van der Waals surface area contributed by atoms with Gasteiger partial charge in [-0.2, -0.15) is 0 Å². The number of para-hydroxylation sites is 2. The van der Waals surface area contributed by atoms with Crippen LogP contribution in [0.3, 0.4) is 0 Å². The molecule has 0 saturated heterocycles. The number of hydrogen-bond acceptors (Lipinski definition) is 5. The Labute approximate surface area is 189 Å². The zero-order valence-electron chi connectivity index (χ0n) is 17.2. The molecule has 0 saturated carbocycles. The highest BCUT2D eigenvalue weighted by atomic mass is 35.5. The predicted molar refractivity (Wildman–Crippen MR) is 123 cm³/mol. The van der Waals surface area contributed by atoms with E-state index in [1.807, 2.05) is 18.2 Å². The highest BCUT2D eigenvalue weighted by Gasteiger charge is 2.14. The van der Waals surface area contributed by atoms with Gasteiger partial charge in [-0.1, -0.05) is 41.9 Å². The number of ether oxygens (including phenoxy) is 1. The van der Waals surface area contributed by atoms with Gasteiger partial charge in [-0.05, 0) is 55.5 Å². The van der Waals surface area contributed by atoms with E-state index in [9.17, 15) is 9.59 Å². The highest BCUT2D eigenvalue weighted by molar-refractivity contribution is 6.33. The quantitative estimate of drug-likeness (QED) is 0.396. The number of benzene rings is 3. The van der Waals surface area contributed by atoms with E-state index in [-0.39, 0.29) is 11.1 Å². The summed E-state index contributed by atoms with van der Waals surface area (Å²) >= 11 is 6.18. The van der Waals surface area contributed by atoms with Gasteiger partial charge in [-0.3, -0.25) is 4.79 Å². The molecule has 160 valence electrons. The monoisotopic (exact) mass is 446 g/mol. The zero-order chi connectivity index (χ0) is 22.5. The minimum Gasteiger partial charge on any atom is -0.462 e. The van der Waals surface area contributed by atoms with Crippen molar-refractivity contribution in [2.24, 2.45) is 4.99 Å². The van der Waals surface area contributed by atoms with E-state index in [0.29, 0.717) is 34.2 Å². The molecule has 0 fully saturated rings. The van der Waals surface area contributed by atoms with Gasteiger partial charge in [0.2, 0.25) is 5.55 Å². The minimum atomic E-state index is -0.408. The van der Waals surface area contributed by atoms with Crippen molar-refractivity contribution in [1.82, 2.24) is 0 Å². The second kappa shape index (κ2) is 9.49. The van der Waals surface area contributed by atoms with Crippen molar-refractivity contribution >= 4 is 45.8 Å². The molecule has 0 aliphatic carbocycles. The van der Waals surface area contributed by atoms with Crippen molar-refractivity contribution in [3.63, 3.8) is 0 Å². The molecule has 1 N–H and O–H groups in total. The second-order valence-corrected chi connectivity index (χ2v) is 7.22. The topological polar surface area (TPSA) is 80.9 Å². The Kier molecular flexibility index (Phi) is 6.33. The number of carbonyl (C=O) groups is 2. The smallest absolute Gasteiger partial charge is 0.338 e. The first-order chi connectivity index (χ1) is 15.5. The van der Waals surface area contributed by atoms with Crippen molar-refractivity contribution in [3.8, 4) is 0 Å². The molecular weight excluding hydrogens is 428 g/mol. The van der Waals surface area contributed by atoms with Crippen LogP contribution in [0.5, 0.6) is 0 Å². The van der Waals surface area contributed by atoms with Gasteiger partial charge in [-0.25, -0.2) is 9.79 Å². The maximum atomic E-state index is 13.1. The van der Waals surface area contributed by atoms with E-state index in [4.69, 9.17) is 20.8 Å². The normalized spacial score (nSPS) is 11.4. The van der Waals surface area contributed by atoms with E-state index < -0.39 is 11.9 Å². The van der Waals surface area contributed by atoms with Gasteiger partial charge in [0.05, 0.1) is 28.6 Å². The molecule has 0 atom stereocenters. The molecule has 1 amide bonds. The van der Waals surface area contributed by atoms with Crippen molar-refractivity contribution in [1.29, 1.82) is 0 Å². The van der Waals surface area contributed by atoms with E-state index in [0.717, 1.165) is 5.39 Å². The van der Waals surface area contributed by atoms with Gasteiger partial charge < -0.3 is 14.5 Å². The summed E-state index contributed by atoms with van der Waals surface area (Å²) in [6, 6.07) is 22.6. The summed E-state index contributed by atoms with van der Waals surface area (Å²) in [5, 5.41) is 3.98. The van der Waals surface area contributed by atoms with Gasteiger partial charge >= 0.3 is 5.97 Å². The van der Waals surface area contributed by atoms with Crippen molar-refractivity contribution in [3.05, 3.63) is 101 Å². The number of halogens is 1. The predicted octanol–water partition coefficient (Wildman–Crippen LogP) is 5.75. The van der Waals surface area contributed by atoms with Crippen LogP contribution in [0.15, 0.2) is 88.3 Å². The third-order valence-corrected chi connectivity index (χ3v) is 4.96. The summed E-state index contributed by atoms with van der Waals surface area (Å²) in [6.45, 7) is 2.04. The third kappa shape index (κ3) is 4.71. The molecule has 1 aromatic heterocycles. The number of nitrogens with one attached hydrogen (secondary N) is 1. The van der Waals surface area contributed by atoms with Crippen LogP contribution in [-0.2, 0) is 4.74 Å². The first-order valence-corrected chi connectivity index (χ1v) is 10.3. The molecule has 0 radical (unpaired) electrons. The lowest BCUT2D eigenvalue weighted by atomic mass is 10.1. The molecule has 4 aromatic rings. The summed E-state index contributed by atoms with van der Waals surface area (Å²) < 4.78 is 10.9. The van der Waals surface area contributed by atoms with Crippen LogP contribution in [-0.4, -0.2) is 18.5 Å². The molecule has 0 unspecified atom stereocenters. The molecule has 0 bridgehead atoms. The lowest BCUT2D eigenvalue weighted by Crippen LogP contribution is -2.21. The van der Waals surface area contributed by atoms with Gasteiger partial charge in [0.15, 0.2) is 0 Å². The Morgan fingerprint density at radius 1 is 1.00 bits per heavy atom. The average Bonchev–Trinajstić information content (AvgIpc) is 2.80. The number of anilines is 1. The fourth-order valence-electron chi connectivity index (χ4n) is 3.07. The number of esters is 1. The van der Waals surface area contributed by atoms with Gasteiger partial charge in [0, 0.05) is 5.39 Å². The summed E-state index contributed by atoms with van der Waals surface area (Å²) in [7, 11) is 0. The second-order valence-electron chi connectivity index (χ2n) is 6.82. The lowest BCUT2D eigenvalue weighted by Gasteiger charge is -2.08. The van der Waals surface area contributed by atoms with E-state index in [1.54, 1.807) is 67.6 Å². The Morgan fingerprint density at radius 2 is 1.72 bits per heavy atom. The molecule has 7 heteroatoms. The Bertz CT molecular complexity index is 1360. The summed E-state index contributed by atoms with van der Waals surface area (Å²) in [6.07, 6.45) is 0. The van der Waals surface area contributed by atoms with Crippen LogP contribution >= 0.6 is 11.6 Å². The number of hydrogen-bond donors (Lipinski definition) is 1. The number of rotatable bonds is 5. The SMILES string of the molecule is CCOC(=O)c1ccc(N=c2oc3ccccc3cc2C(=O)Nc2ccccc2Cl)cc1. The first-order valence-electron chi connectivity index (χ1n) is 9.96. The summed E-state index contributed by atoms with van der Waals surface area (Å²) in [4.78, 5) is 29.5. The fraction of sp³-hybridized carbons (Fsp3) is 0.0800.